The number of methoxy groups -OCH3 is 1. The van der Waals surface area contributed by atoms with E-state index in [2.05, 4.69) is 10.3 Å². The lowest BCUT2D eigenvalue weighted by Gasteiger charge is -2.09. The van der Waals surface area contributed by atoms with Crippen LogP contribution in [0.3, 0.4) is 0 Å². The van der Waals surface area contributed by atoms with Crippen LogP contribution in [0.25, 0.3) is 0 Å². The van der Waals surface area contributed by atoms with Crippen molar-refractivity contribution in [1.82, 2.24) is 4.98 Å². The molecule has 0 aliphatic carbocycles. The first-order valence-electron chi connectivity index (χ1n) is 5.53. The third kappa shape index (κ3) is 2.87. The molecule has 0 saturated carbocycles. The molecule has 18 heavy (non-hydrogen) atoms. The Bertz CT molecular complexity index is 551. The second-order valence-electron chi connectivity index (χ2n) is 3.77. The zero-order valence-corrected chi connectivity index (χ0v) is 11.1. The average molecular weight is 262 g/mol. The number of nitrogens with one attached hydrogen (secondary N) is 1. The number of para-hydroxylation sites is 1. The van der Waals surface area contributed by atoms with E-state index < -0.39 is 0 Å². The molecular formula is C13H14N2O2S. The molecule has 0 aliphatic heterocycles. The highest BCUT2D eigenvalue weighted by molar-refractivity contribution is 7.09. The predicted molar refractivity (Wildman–Crippen MR) is 72.0 cm³/mol. The van der Waals surface area contributed by atoms with Gasteiger partial charge in [-0.1, -0.05) is 12.1 Å². The number of hydrogen-bond acceptors (Lipinski definition) is 5. The van der Waals surface area contributed by atoms with Gasteiger partial charge in [0.15, 0.2) is 0 Å². The predicted octanol–water partition coefficient (Wildman–Crippen LogP) is 2.85. The van der Waals surface area contributed by atoms with Crippen LogP contribution < -0.4 is 5.32 Å². The third-order valence-corrected chi connectivity index (χ3v) is 3.40. The first kappa shape index (κ1) is 12.6. The minimum absolute atomic E-state index is 0.339. The molecule has 1 aromatic carbocycles. The van der Waals surface area contributed by atoms with Gasteiger partial charge in [0, 0.05) is 16.8 Å². The van der Waals surface area contributed by atoms with Crippen LogP contribution >= 0.6 is 11.3 Å². The molecule has 0 atom stereocenters. The molecule has 0 amide bonds. The molecule has 1 aromatic heterocycles. The molecule has 5 heteroatoms. The maximum atomic E-state index is 11.6. The molecule has 0 fully saturated rings. The van der Waals surface area contributed by atoms with Gasteiger partial charge >= 0.3 is 5.97 Å². The maximum Gasteiger partial charge on any atom is 0.339 e. The lowest BCUT2D eigenvalue weighted by molar-refractivity contribution is 0.0602. The highest BCUT2D eigenvalue weighted by atomic mass is 32.1. The van der Waals surface area contributed by atoms with E-state index in [1.807, 2.05) is 30.5 Å². The van der Waals surface area contributed by atoms with Gasteiger partial charge in [0.1, 0.15) is 5.01 Å². The van der Waals surface area contributed by atoms with E-state index >= 15 is 0 Å². The monoisotopic (exact) mass is 262 g/mol. The van der Waals surface area contributed by atoms with Crippen LogP contribution in [0.5, 0.6) is 0 Å². The molecule has 0 saturated heterocycles. The Kier molecular flexibility index (Phi) is 3.94. The van der Waals surface area contributed by atoms with Crippen LogP contribution in [0.15, 0.2) is 29.6 Å². The van der Waals surface area contributed by atoms with Crippen molar-refractivity contribution in [3.8, 4) is 0 Å². The van der Waals surface area contributed by atoms with E-state index in [-0.39, 0.29) is 5.97 Å². The second kappa shape index (κ2) is 5.64. The van der Waals surface area contributed by atoms with Crippen molar-refractivity contribution in [3.05, 3.63) is 45.9 Å². The smallest absolute Gasteiger partial charge is 0.339 e. The molecule has 2 rings (SSSR count). The summed E-state index contributed by atoms with van der Waals surface area (Å²) in [7, 11) is 1.38. The number of rotatable bonds is 4. The van der Waals surface area contributed by atoms with Gasteiger partial charge in [0.05, 0.1) is 19.2 Å². The zero-order chi connectivity index (χ0) is 13.0. The maximum absolute atomic E-state index is 11.6. The van der Waals surface area contributed by atoms with Crippen molar-refractivity contribution in [2.75, 3.05) is 12.4 Å². The Morgan fingerprint density at radius 1 is 1.44 bits per heavy atom. The number of ether oxygens (including phenoxy) is 1. The molecule has 0 bridgehead atoms. The highest BCUT2D eigenvalue weighted by Crippen LogP contribution is 2.18. The summed E-state index contributed by atoms with van der Waals surface area (Å²) < 4.78 is 4.74. The van der Waals surface area contributed by atoms with Crippen LogP contribution in [-0.4, -0.2) is 18.1 Å². The Labute approximate surface area is 110 Å². The molecule has 1 N–H and O–H groups in total. The van der Waals surface area contributed by atoms with Gasteiger partial charge in [-0.05, 0) is 19.1 Å². The van der Waals surface area contributed by atoms with Gasteiger partial charge in [-0.3, -0.25) is 0 Å². The van der Waals surface area contributed by atoms with E-state index in [4.69, 9.17) is 4.74 Å². The number of hydrogen-bond donors (Lipinski definition) is 1. The number of anilines is 1. The summed E-state index contributed by atoms with van der Waals surface area (Å²) in [5.74, 6) is -0.339. The number of nitrogens with zero attached hydrogens (tertiary/aromatic N) is 1. The van der Waals surface area contributed by atoms with Gasteiger partial charge in [0.25, 0.3) is 0 Å². The summed E-state index contributed by atoms with van der Waals surface area (Å²) >= 11 is 1.60. The SMILES string of the molecule is COC(=O)c1ccccc1NCc1nc(C)cs1. The topological polar surface area (TPSA) is 51.2 Å². The summed E-state index contributed by atoms with van der Waals surface area (Å²) in [4.78, 5) is 15.9. The molecule has 1 heterocycles. The van der Waals surface area contributed by atoms with E-state index in [9.17, 15) is 4.79 Å². The Hall–Kier alpha value is -1.88. The van der Waals surface area contributed by atoms with Crippen molar-refractivity contribution in [3.63, 3.8) is 0 Å². The van der Waals surface area contributed by atoms with E-state index in [0.29, 0.717) is 12.1 Å². The van der Waals surface area contributed by atoms with Crippen LogP contribution in [0.2, 0.25) is 0 Å². The third-order valence-electron chi connectivity index (χ3n) is 2.43. The summed E-state index contributed by atoms with van der Waals surface area (Å²) in [6, 6.07) is 7.28. The van der Waals surface area contributed by atoms with Crippen LogP contribution in [-0.2, 0) is 11.3 Å². The first-order valence-corrected chi connectivity index (χ1v) is 6.41. The van der Waals surface area contributed by atoms with Crippen molar-refractivity contribution < 1.29 is 9.53 Å². The second-order valence-corrected chi connectivity index (χ2v) is 4.72. The standard InChI is InChI=1S/C13H14N2O2S/c1-9-8-18-12(15-9)7-14-11-6-4-3-5-10(11)13(16)17-2/h3-6,8,14H,7H2,1-2H3. The van der Waals surface area contributed by atoms with E-state index in [1.54, 1.807) is 17.4 Å². The van der Waals surface area contributed by atoms with Gasteiger partial charge < -0.3 is 10.1 Å². The number of aryl methyl sites for hydroxylation is 1. The summed E-state index contributed by atoms with van der Waals surface area (Å²) in [6.07, 6.45) is 0. The Morgan fingerprint density at radius 2 is 2.22 bits per heavy atom. The number of carbonyl (C=O) groups excluding carboxylic acids is 1. The van der Waals surface area contributed by atoms with Crippen molar-refractivity contribution in [2.45, 2.75) is 13.5 Å². The van der Waals surface area contributed by atoms with Crippen molar-refractivity contribution in [2.24, 2.45) is 0 Å². The molecule has 2 aromatic rings. The van der Waals surface area contributed by atoms with Gasteiger partial charge in [-0.25, -0.2) is 9.78 Å². The van der Waals surface area contributed by atoms with E-state index in [0.717, 1.165) is 16.4 Å². The van der Waals surface area contributed by atoms with E-state index in [1.165, 1.54) is 7.11 Å². The highest BCUT2D eigenvalue weighted by Gasteiger charge is 2.10. The number of carbonyl (C=O) groups is 1. The number of thiazole rings is 1. The lowest BCUT2D eigenvalue weighted by Crippen LogP contribution is -2.08. The zero-order valence-electron chi connectivity index (χ0n) is 10.3. The molecule has 0 aliphatic rings. The molecule has 0 spiro atoms. The summed E-state index contributed by atoms with van der Waals surface area (Å²) in [6.45, 7) is 2.56. The molecule has 4 nitrogen and oxygen atoms in total. The average Bonchev–Trinajstić information content (AvgIpc) is 2.81. The van der Waals surface area contributed by atoms with Crippen LogP contribution in [0, 0.1) is 6.92 Å². The number of aromatic nitrogens is 1. The fourth-order valence-electron chi connectivity index (χ4n) is 1.58. The van der Waals surface area contributed by atoms with Crippen LogP contribution in [0.1, 0.15) is 21.1 Å². The molecular weight excluding hydrogens is 248 g/mol. The quantitative estimate of drug-likeness (QED) is 0.861. The minimum Gasteiger partial charge on any atom is -0.465 e. The normalized spacial score (nSPS) is 10.1. The molecule has 0 unspecified atom stereocenters. The van der Waals surface area contributed by atoms with Crippen molar-refractivity contribution >= 4 is 23.0 Å². The first-order chi connectivity index (χ1) is 8.70. The van der Waals surface area contributed by atoms with Gasteiger partial charge in [-0.15, -0.1) is 11.3 Å². The number of esters is 1. The van der Waals surface area contributed by atoms with Gasteiger partial charge in [-0.2, -0.15) is 0 Å². The molecule has 0 radical (unpaired) electrons. The Morgan fingerprint density at radius 3 is 2.89 bits per heavy atom. The Balaban J connectivity index is 2.11. The van der Waals surface area contributed by atoms with Gasteiger partial charge in [0.2, 0.25) is 0 Å². The fraction of sp³-hybridized carbons (Fsp3) is 0.231. The summed E-state index contributed by atoms with van der Waals surface area (Å²) in [5.41, 5.74) is 2.31. The number of benzene rings is 1. The van der Waals surface area contributed by atoms with Crippen molar-refractivity contribution in [1.29, 1.82) is 0 Å². The largest absolute Gasteiger partial charge is 0.465 e. The molecule has 94 valence electrons. The minimum atomic E-state index is -0.339. The lowest BCUT2D eigenvalue weighted by atomic mass is 10.2. The fourth-order valence-corrected chi connectivity index (χ4v) is 2.29. The summed E-state index contributed by atoms with van der Waals surface area (Å²) in [5, 5.41) is 6.20. The van der Waals surface area contributed by atoms with Crippen LogP contribution in [0.4, 0.5) is 5.69 Å².